The second-order valence-electron chi connectivity index (χ2n) is 8.51. The van der Waals surface area contributed by atoms with Gasteiger partial charge >= 0.3 is 0 Å². The monoisotopic (exact) mass is 487 g/mol. The van der Waals surface area contributed by atoms with Crippen LogP contribution < -0.4 is 18.9 Å². The van der Waals surface area contributed by atoms with Crippen LogP contribution in [-0.4, -0.2) is 42.9 Å². The first-order chi connectivity index (χ1) is 17.7. The molecule has 0 bridgehead atoms. The Morgan fingerprint density at radius 1 is 0.889 bits per heavy atom. The van der Waals surface area contributed by atoms with E-state index in [1.54, 1.807) is 21.3 Å². The van der Waals surface area contributed by atoms with Gasteiger partial charge in [0, 0.05) is 6.54 Å². The summed E-state index contributed by atoms with van der Waals surface area (Å²) in [6, 6.07) is 22.0. The maximum atomic E-state index is 5.80. The minimum atomic E-state index is 0.0145. The molecule has 0 saturated heterocycles. The second kappa shape index (κ2) is 10.7. The molecule has 8 nitrogen and oxygen atoms in total. The summed E-state index contributed by atoms with van der Waals surface area (Å²) in [7, 11) is 4.96. The highest BCUT2D eigenvalue weighted by atomic mass is 16.5. The summed E-state index contributed by atoms with van der Waals surface area (Å²) < 4.78 is 27.7. The number of nitrogens with zero attached hydrogens (tertiary/aromatic N) is 3. The van der Waals surface area contributed by atoms with Gasteiger partial charge in [0.25, 0.3) is 0 Å². The molecule has 0 radical (unpaired) electrons. The molecule has 2 heterocycles. The van der Waals surface area contributed by atoms with Crippen LogP contribution in [-0.2, 0) is 19.6 Å². The molecule has 5 rings (SSSR count). The van der Waals surface area contributed by atoms with E-state index in [2.05, 4.69) is 51.4 Å². The molecule has 0 spiro atoms. The Balaban J connectivity index is 1.36. The van der Waals surface area contributed by atoms with Crippen LogP contribution in [0.2, 0.25) is 0 Å². The molecule has 3 aromatic carbocycles. The highest BCUT2D eigenvalue weighted by molar-refractivity contribution is 5.51. The maximum absolute atomic E-state index is 5.80. The van der Waals surface area contributed by atoms with Crippen molar-refractivity contribution in [2.45, 2.75) is 25.6 Å². The van der Waals surface area contributed by atoms with Crippen molar-refractivity contribution in [3.05, 3.63) is 95.1 Å². The molecular weight excluding hydrogens is 458 g/mol. The summed E-state index contributed by atoms with van der Waals surface area (Å²) in [5, 5.41) is 4.12. The van der Waals surface area contributed by atoms with E-state index in [9.17, 15) is 0 Å². The van der Waals surface area contributed by atoms with Gasteiger partial charge in [-0.15, -0.1) is 0 Å². The third-order valence-electron chi connectivity index (χ3n) is 6.36. The second-order valence-corrected chi connectivity index (χ2v) is 8.51. The molecule has 0 unspecified atom stereocenters. The predicted molar refractivity (Wildman–Crippen MR) is 134 cm³/mol. The highest BCUT2D eigenvalue weighted by Gasteiger charge is 2.31. The van der Waals surface area contributed by atoms with Crippen molar-refractivity contribution >= 4 is 0 Å². The van der Waals surface area contributed by atoms with Gasteiger partial charge < -0.3 is 23.5 Å². The SMILES string of the molecule is COc1ccc(OCc2noc(CN3CCc4cc(OC)c(OC)cc4[C@@H]3c3ccccc3)n2)cc1. The van der Waals surface area contributed by atoms with Gasteiger partial charge in [-0.25, -0.2) is 0 Å². The Bertz CT molecular complexity index is 1290. The van der Waals surface area contributed by atoms with Gasteiger partial charge in [0.15, 0.2) is 18.1 Å². The molecule has 4 aromatic rings. The zero-order valence-corrected chi connectivity index (χ0v) is 20.6. The summed E-state index contributed by atoms with van der Waals surface area (Å²) in [5.74, 6) is 4.00. The third kappa shape index (κ3) is 4.99. The number of benzene rings is 3. The molecule has 36 heavy (non-hydrogen) atoms. The van der Waals surface area contributed by atoms with Crippen LogP contribution in [0.25, 0.3) is 0 Å². The lowest BCUT2D eigenvalue weighted by Crippen LogP contribution is -2.35. The fourth-order valence-corrected chi connectivity index (χ4v) is 4.60. The van der Waals surface area contributed by atoms with Crippen molar-refractivity contribution in [3.63, 3.8) is 0 Å². The van der Waals surface area contributed by atoms with Crippen LogP contribution in [0.4, 0.5) is 0 Å². The van der Waals surface area contributed by atoms with Crippen molar-refractivity contribution in [3.8, 4) is 23.0 Å². The smallest absolute Gasteiger partial charge is 0.240 e. The van der Waals surface area contributed by atoms with Crippen molar-refractivity contribution in [2.75, 3.05) is 27.9 Å². The molecule has 1 atom stereocenters. The quantitative estimate of drug-likeness (QED) is 0.332. The number of fused-ring (bicyclic) bond motifs is 1. The number of ether oxygens (including phenoxy) is 4. The van der Waals surface area contributed by atoms with E-state index in [1.165, 1.54) is 16.7 Å². The van der Waals surface area contributed by atoms with Crippen molar-refractivity contribution in [1.82, 2.24) is 15.0 Å². The molecule has 186 valence electrons. The van der Waals surface area contributed by atoms with Crippen molar-refractivity contribution in [1.29, 1.82) is 0 Å². The molecule has 8 heteroatoms. The lowest BCUT2D eigenvalue weighted by Gasteiger charge is -2.37. The third-order valence-corrected chi connectivity index (χ3v) is 6.36. The molecule has 1 aliphatic rings. The first kappa shape index (κ1) is 23.7. The first-order valence-corrected chi connectivity index (χ1v) is 11.8. The number of methoxy groups -OCH3 is 3. The lowest BCUT2D eigenvalue weighted by atomic mass is 9.87. The largest absolute Gasteiger partial charge is 0.497 e. The van der Waals surface area contributed by atoms with E-state index in [1.807, 2.05) is 30.3 Å². The zero-order chi connectivity index (χ0) is 24.9. The number of hydrogen-bond donors (Lipinski definition) is 0. The average Bonchev–Trinajstić information content (AvgIpc) is 3.39. The Morgan fingerprint density at radius 3 is 2.33 bits per heavy atom. The molecule has 1 aliphatic heterocycles. The van der Waals surface area contributed by atoms with Crippen LogP contribution in [0, 0.1) is 0 Å². The number of hydrogen-bond acceptors (Lipinski definition) is 8. The molecule has 0 amide bonds. The molecular formula is C28H29N3O5. The van der Waals surface area contributed by atoms with Crippen LogP contribution >= 0.6 is 0 Å². The van der Waals surface area contributed by atoms with Crippen LogP contribution in [0.15, 0.2) is 71.3 Å². The van der Waals surface area contributed by atoms with Gasteiger partial charge in [-0.2, -0.15) is 4.98 Å². The van der Waals surface area contributed by atoms with Gasteiger partial charge in [0.05, 0.1) is 33.9 Å². The molecule has 1 aromatic heterocycles. The van der Waals surface area contributed by atoms with Crippen LogP contribution in [0.5, 0.6) is 23.0 Å². The van der Waals surface area contributed by atoms with E-state index in [0.717, 1.165) is 30.2 Å². The Hall–Kier alpha value is -4.04. The standard InChI is InChI=1S/C28H29N3O5/c1-32-21-9-11-22(12-10-21)35-18-26-29-27(36-30-26)17-31-14-13-20-15-24(33-2)25(34-3)16-23(20)28(31)19-7-5-4-6-8-19/h4-12,15-16,28H,13-14,17-18H2,1-3H3/t28-/m0/s1. The molecule has 0 aliphatic carbocycles. The fraction of sp³-hybridized carbons (Fsp3) is 0.286. The van der Waals surface area contributed by atoms with Gasteiger partial charge in [0.2, 0.25) is 11.7 Å². The molecule has 0 saturated carbocycles. The lowest BCUT2D eigenvalue weighted by molar-refractivity contribution is 0.177. The first-order valence-electron chi connectivity index (χ1n) is 11.8. The summed E-state index contributed by atoms with van der Waals surface area (Å²) >= 11 is 0. The van der Waals surface area contributed by atoms with E-state index in [-0.39, 0.29) is 12.6 Å². The Labute approximate surface area is 210 Å². The van der Waals surface area contributed by atoms with E-state index in [4.69, 9.17) is 23.5 Å². The minimum Gasteiger partial charge on any atom is -0.497 e. The fourth-order valence-electron chi connectivity index (χ4n) is 4.60. The molecule has 0 fully saturated rings. The van der Waals surface area contributed by atoms with Crippen LogP contribution in [0.3, 0.4) is 0 Å². The number of rotatable bonds is 9. The predicted octanol–water partition coefficient (Wildman–Crippen LogP) is 4.82. The van der Waals surface area contributed by atoms with Gasteiger partial charge in [0.1, 0.15) is 11.5 Å². The van der Waals surface area contributed by atoms with Crippen molar-refractivity contribution in [2.24, 2.45) is 0 Å². The van der Waals surface area contributed by atoms with E-state index in [0.29, 0.717) is 24.0 Å². The van der Waals surface area contributed by atoms with Gasteiger partial charge in [-0.1, -0.05) is 35.5 Å². The summed E-state index contributed by atoms with van der Waals surface area (Å²) in [6.07, 6.45) is 0.876. The average molecular weight is 488 g/mol. The Kier molecular flexibility index (Phi) is 7.04. The van der Waals surface area contributed by atoms with E-state index < -0.39 is 0 Å². The highest BCUT2D eigenvalue weighted by Crippen LogP contribution is 2.41. The van der Waals surface area contributed by atoms with Crippen molar-refractivity contribution < 1.29 is 23.5 Å². The summed E-state index contributed by atoms with van der Waals surface area (Å²) in [4.78, 5) is 6.94. The topological polar surface area (TPSA) is 79.1 Å². The summed E-state index contributed by atoms with van der Waals surface area (Å²) in [5.41, 5.74) is 3.62. The van der Waals surface area contributed by atoms with Gasteiger partial charge in [-0.3, -0.25) is 4.90 Å². The maximum Gasteiger partial charge on any atom is 0.240 e. The number of aromatic nitrogens is 2. The minimum absolute atomic E-state index is 0.0145. The van der Waals surface area contributed by atoms with Crippen LogP contribution in [0.1, 0.15) is 34.4 Å². The zero-order valence-electron chi connectivity index (χ0n) is 20.6. The van der Waals surface area contributed by atoms with E-state index >= 15 is 0 Å². The summed E-state index contributed by atoms with van der Waals surface area (Å²) in [6.45, 7) is 1.57. The van der Waals surface area contributed by atoms with Gasteiger partial charge in [-0.05, 0) is 59.5 Å². The Morgan fingerprint density at radius 2 is 1.61 bits per heavy atom. The molecule has 0 N–H and O–H groups in total. The normalized spacial score (nSPS) is 15.2.